The second-order valence-electron chi connectivity index (χ2n) is 4.43. The highest BCUT2D eigenvalue weighted by Gasteiger charge is 2.18. The minimum absolute atomic E-state index is 0.635. The molecule has 17 heavy (non-hydrogen) atoms. The van der Waals surface area contributed by atoms with Gasteiger partial charge in [-0.3, -0.25) is 0 Å². The smallest absolute Gasteiger partial charge is 0.203 e. The van der Waals surface area contributed by atoms with E-state index in [0.29, 0.717) is 6.04 Å². The van der Waals surface area contributed by atoms with Crippen LogP contribution >= 0.6 is 11.3 Å². The van der Waals surface area contributed by atoms with Crippen LogP contribution in [0.4, 0.5) is 5.95 Å². The molecule has 0 atom stereocenters. The lowest BCUT2D eigenvalue weighted by atomic mass is 10.2. The minimum Gasteiger partial charge on any atom is -0.350 e. The SMILES string of the molecule is c1cn(C2CCCC2)c(NCc2cscn2)n1. The summed E-state index contributed by atoms with van der Waals surface area (Å²) in [6.07, 6.45) is 9.20. The van der Waals surface area contributed by atoms with Crippen molar-refractivity contribution in [2.45, 2.75) is 38.3 Å². The lowest BCUT2D eigenvalue weighted by molar-refractivity contribution is 0.523. The molecule has 1 saturated carbocycles. The van der Waals surface area contributed by atoms with E-state index in [9.17, 15) is 0 Å². The first-order valence-corrected chi connectivity index (χ1v) is 7.01. The molecule has 1 fully saturated rings. The van der Waals surface area contributed by atoms with Crippen LogP contribution < -0.4 is 5.32 Å². The number of rotatable bonds is 4. The number of hydrogen-bond donors (Lipinski definition) is 1. The molecule has 0 aromatic carbocycles. The molecule has 1 N–H and O–H groups in total. The number of nitrogens with one attached hydrogen (secondary N) is 1. The summed E-state index contributed by atoms with van der Waals surface area (Å²) < 4.78 is 2.28. The van der Waals surface area contributed by atoms with E-state index >= 15 is 0 Å². The second kappa shape index (κ2) is 4.87. The minimum atomic E-state index is 0.635. The number of nitrogens with zero attached hydrogens (tertiary/aromatic N) is 3. The molecule has 2 heterocycles. The predicted molar refractivity (Wildman–Crippen MR) is 69.2 cm³/mol. The van der Waals surface area contributed by atoms with Gasteiger partial charge in [-0.2, -0.15) is 0 Å². The van der Waals surface area contributed by atoms with Crippen LogP contribution in [0, 0.1) is 0 Å². The molecule has 0 spiro atoms. The molecule has 0 bridgehead atoms. The Labute approximate surface area is 105 Å². The van der Waals surface area contributed by atoms with Crippen LogP contribution in [0.25, 0.3) is 0 Å². The molecule has 2 aromatic heterocycles. The fourth-order valence-electron chi connectivity index (χ4n) is 2.42. The normalized spacial score (nSPS) is 16.5. The molecule has 1 aliphatic rings. The summed E-state index contributed by atoms with van der Waals surface area (Å²) in [5.41, 5.74) is 2.94. The van der Waals surface area contributed by atoms with Gasteiger partial charge in [-0.1, -0.05) is 12.8 Å². The Morgan fingerprint density at radius 3 is 3.00 bits per heavy atom. The van der Waals surface area contributed by atoms with Crippen molar-refractivity contribution < 1.29 is 0 Å². The third kappa shape index (κ3) is 2.34. The van der Waals surface area contributed by atoms with Gasteiger partial charge in [0.05, 0.1) is 17.7 Å². The van der Waals surface area contributed by atoms with Crippen LogP contribution in [-0.4, -0.2) is 14.5 Å². The van der Waals surface area contributed by atoms with E-state index in [1.54, 1.807) is 11.3 Å². The van der Waals surface area contributed by atoms with Crippen molar-refractivity contribution in [3.05, 3.63) is 29.0 Å². The predicted octanol–water partition coefficient (Wildman–Crippen LogP) is 3.07. The zero-order chi connectivity index (χ0) is 11.5. The summed E-state index contributed by atoms with van der Waals surface area (Å²) in [5, 5.41) is 5.43. The van der Waals surface area contributed by atoms with Crippen LogP contribution in [0.3, 0.4) is 0 Å². The number of imidazole rings is 1. The van der Waals surface area contributed by atoms with Gasteiger partial charge in [-0.25, -0.2) is 9.97 Å². The van der Waals surface area contributed by atoms with Crippen molar-refractivity contribution in [1.29, 1.82) is 0 Å². The maximum absolute atomic E-state index is 4.39. The van der Waals surface area contributed by atoms with Gasteiger partial charge < -0.3 is 9.88 Å². The van der Waals surface area contributed by atoms with Crippen LogP contribution in [0.5, 0.6) is 0 Å². The van der Waals surface area contributed by atoms with Gasteiger partial charge in [0.1, 0.15) is 0 Å². The molecule has 4 nitrogen and oxygen atoms in total. The van der Waals surface area contributed by atoms with Crippen molar-refractivity contribution in [2.24, 2.45) is 0 Å². The van der Waals surface area contributed by atoms with Gasteiger partial charge in [0.25, 0.3) is 0 Å². The molecule has 90 valence electrons. The molecule has 5 heteroatoms. The fourth-order valence-corrected chi connectivity index (χ4v) is 2.98. The molecule has 1 aliphatic carbocycles. The molecular formula is C12H16N4S. The molecule has 0 unspecified atom stereocenters. The first kappa shape index (κ1) is 10.8. The van der Waals surface area contributed by atoms with Crippen LogP contribution in [0.2, 0.25) is 0 Å². The first-order chi connectivity index (χ1) is 8.43. The van der Waals surface area contributed by atoms with Gasteiger partial charge in [0.2, 0.25) is 5.95 Å². The van der Waals surface area contributed by atoms with Crippen molar-refractivity contribution >= 4 is 17.3 Å². The first-order valence-electron chi connectivity index (χ1n) is 6.07. The molecule has 0 radical (unpaired) electrons. The number of thiazole rings is 1. The van der Waals surface area contributed by atoms with Gasteiger partial charge in [-0.15, -0.1) is 11.3 Å². The topological polar surface area (TPSA) is 42.7 Å². The maximum Gasteiger partial charge on any atom is 0.203 e. The van der Waals surface area contributed by atoms with Crippen LogP contribution in [-0.2, 0) is 6.54 Å². The number of hydrogen-bond acceptors (Lipinski definition) is 4. The summed E-state index contributed by atoms with van der Waals surface area (Å²) in [5.74, 6) is 0.977. The number of anilines is 1. The average molecular weight is 248 g/mol. The molecule has 0 amide bonds. The quantitative estimate of drug-likeness (QED) is 0.904. The Morgan fingerprint density at radius 2 is 2.24 bits per heavy atom. The largest absolute Gasteiger partial charge is 0.350 e. The van der Waals surface area contributed by atoms with Gasteiger partial charge in [-0.05, 0) is 12.8 Å². The summed E-state index contributed by atoms with van der Waals surface area (Å²) >= 11 is 1.63. The molecule has 0 aliphatic heterocycles. The molecule has 0 saturated heterocycles. The van der Waals surface area contributed by atoms with E-state index in [-0.39, 0.29) is 0 Å². The third-order valence-corrected chi connectivity index (χ3v) is 3.93. The lowest BCUT2D eigenvalue weighted by Gasteiger charge is -2.15. The zero-order valence-corrected chi connectivity index (χ0v) is 10.5. The van der Waals surface area contributed by atoms with Crippen molar-refractivity contribution in [2.75, 3.05) is 5.32 Å². The summed E-state index contributed by atoms with van der Waals surface area (Å²) in [6, 6.07) is 0.635. The average Bonchev–Trinajstić information content (AvgIpc) is 3.09. The van der Waals surface area contributed by atoms with E-state index in [0.717, 1.165) is 18.2 Å². The summed E-state index contributed by atoms with van der Waals surface area (Å²) in [7, 11) is 0. The van der Waals surface area contributed by atoms with Crippen LogP contribution in [0.1, 0.15) is 37.4 Å². The van der Waals surface area contributed by atoms with Gasteiger partial charge >= 0.3 is 0 Å². The third-order valence-electron chi connectivity index (χ3n) is 3.30. The Bertz CT molecular complexity index is 457. The van der Waals surface area contributed by atoms with Crippen LogP contribution in [0.15, 0.2) is 23.3 Å². The Balaban J connectivity index is 1.68. The summed E-state index contributed by atoms with van der Waals surface area (Å²) in [6.45, 7) is 0.757. The second-order valence-corrected chi connectivity index (χ2v) is 5.15. The number of aromatic nitrogens is 3. The van der Waals surface area contributed by atoms with E-state index < -0.39 is 0 Å². The lowest BCUT2D eigenvalue weighted by Crippen LogP contribution is -2.10. The Morgan fingerprint density at radius 1 is 1.35 bits per heavy atom. The van der Waals surface area contributed by atoms with E-state index in [4.69, 9.17) is 0 Å². The highest BCUT2D eigenvalue weighted by atomic mass is 32.1. The highest BCUT2D eigenvalue weighted by molar-refractivity contribution is 7.07. The monoisotopic (exact) mass is 248 g/mol. The Hall–Kier alpha value is -1.36. The Kier molecular flexibility index (Phi) is 3.09. The van der Waals surface area contributed by atoms with E-state index in [1.807, 2.05) is 11.7 Å². The highest BCUT2D eigenvalue weighted by Crippen LogP contribution is 2.31. The van der Waals surface area contributed by atoms with E-state index in [2.05, 4.69) is 31.4 Å². The van der Waals surface area contributed by atoms with Gasteiger partial charge in [0.15, 0.2) is 0 Å². The van der Waals surface area contributed by atoms with E-state index in [1.165, 1.54) is 25.7 Å². The molecule has 3 rings (SSSR count). The molecular weight excluding hydrogens is 232 g/mol. The van der Waals surface area contributed by atoms with Crippen molar-refractivity contribution in [3.63, 3.8) is 0 Å². The van der Waals surface area contributed by atoms with Gasteiger partial charge in [0, 0.05) is 23.8 Å². The fraction of sp³-hybridized carbons (Fsp3) is 0.500. The standard InChI is InChI=1S/C12H16N4S/c1-2-4-11(3-1)16-6-5-13-12(16)14-7-10-8-17-9-15-10/h5-6,8-9,11H,1-4,7H2,(H,13,14). The van der Waals surface area contributed by atoms with Crippen molar-refractivity contribution in [3.8, 4) is 0 Å². The maximum atomic E-state index is 4.39. The molecule has 2 aromatic rings. The summed E-state index contributed by atoms with van der Waals surface area (Å²) in [4.78, 5) is 8.65. The van der Waals surface area contributed by atoms with Crippen molar-refractivity contribution in [1.82, 2.24) is 14.5 Å². The zero-order valence-electron chi connectivity index (χ0n) is 9.67.